The number of hydrogen-bond acceptors (Lipinski definition) is 2. The van der Waals surface area contributed by atoms with Crippen LogP contribution in [0.25, 0.3) is 0 Å². The van der Waals surface area contributed by atoms with Crippen molar-refractivity contribution in [1.29, 1.82) is 0 Å². The molecule has 0 bridgehead atoms. The zero-order valence-electron chi connectivity index (χ0n) is 8.95. The average molecular weight is 203 g/mol. The molecule has 2 heteroatoms. The number of fused-ring (bicyclic) bond motifs is 1. The summed E-state index contributed by atoms with van der Waals surface area (Å²) in [7, 11) is 0. The number of nitrogens with zero attached hydrogens (tertiary/aromatic N) is 1. The minimum Gasteiger partial charge on any atom is -0.396 e. The van der Waals surface area contributed by atoms with Crippen LogP contribution in [-0.4, -0.2) is 22.7 Å². The van der Waals surface area contributed by atoms with Crippen LogP contribution in [0.15, 0.2) is 18.2 Å². The molecule has 0 saturated heterocycles. The van der Waals surface area contributed by atoms with Crippen LogP contribution in [0.4, 0.5) is 0 Å². The SMILES string of the molecule is OCCc1ccc2c(c1)CN(C1CC1)C2. The number of aliphatic hydroxyl groups is 1. The summed E-state index contributed by atoms with van der Waals surface area (Å²) in [4.78, 5) is 2.58. The Balaban J connectivity index is 1.79. The van der Waals surface area contributed by atoms with Gasteiger partial charge in [0, 0.05) is 25.7 Å². The van der Waals surface area contributed by atoms with Crippen molar-refractivity contribution in [2.24, 2.45) is 0 Å². The van der Waals surface area contributed by atoms with E-state index in [1.54, 1.807) is 0 Å². The molecule has 1 aliphatic heterocycles. The topological polar surface area (TPSA) is 23.5 Å². The first-order valence-electron chi connectivity index (χ1n) is 5.82. The normalized spacial score (nSPS) is 20.6. The van der Waals surface area contributed by atoms with Crippen molar-refractivity contribution >= 4 is 0 Å². The molecule has 2 nitrogen and oxygen atoms in total. The summed E-state index contributed by atoms with van der Waals surface area (Å²) in [6.07, 6.45) is 3.56. The van der Waals surface area contributed by atoms with Crippen LogP contribution in [0.3, 0.4) is 0 Å². The predicted molar refractivity (Wildman–Crippen MR) is 59.5 cm³/mol. The van der Waals surface area contributed by atoms with Gasteiger partial charge in [0.05, 0.1) is 0 Å². The molecular formula is C13H17NO. The molecule has 1 aromatic carbocycles. The molecule has 1 fully saturated rings. The first-order valence-corrected chi connectivity index (χ1v) is 5.82. The molecule has 15 heavy (non-hydrogen) atoms. The van der Waals surface area contributed by atoms with E-state index in [2.05, 4.69) is 23.1 Å². The number of rotatable bonds is 3. The van der Waals surface area contributed by atoms with E-state index < -0.39 is 0 Å². The van der Waals surface area contributed by atoms with Crippen molar-refractivity contribution in [3.8, 4) is 0 Å². The van der Waals surface area contributed by atoms with Crippen molar-refractivity contribution in [3.63, 3.8) is 0 Å². The van der Waals surface area contributed by atoms with Crippen molar-refractivity contribution < 1.29 is 5.11 Å². The highest BCUT2D eigenvalue weighted by Gasteiger charge is 2.32. The molecule has 0 unspecified atom stereocenters. The van der Waals surface area contributed by atoms with E-state index in [1.165, 1.54) is 29.5 Å². The van der Waals surface area contributed by atoms with E-state index in [9.17, 15) is 0 Å². The van der Waals surface area contributed by atoms with E-state index in [4.69, 9.17) is 5.11 Å². The van der Waals surface area contributed by atoms with E-state index in [0.717, 1.165) is 25.6 Å². The van der Waals surface area contributed by atoms with Gasteiger partial charge in [0.25, 0.3) is 0 Å². The van der Waals surface area contributed by atoms with Crippen molar-refractivity contribution in [1.82, 2.24) is 4.90 Å². The van der Waals surface area contributed by atoms with Crippen LogP contribution < -0.4 is 0 Å². The Bertz CT molecular complexity index is 371. The summed E-state index contributed by atoms with van der Waals surface area (Å²) >= 11 is 0. The lowest BCUT2D eigenvalue weighted by Crippen LogP contribution is -2.18. The van der Waals surface area contributed by atoms with E-state index >= 15 is 0 Å². The van der Waals surface area contributed by atoms with Crippen LogP contribution in [0.2, 0.25) is 0 Å². The Morgan fingerprint density at radius 1 is 1.20 bits per heavy atom. The molecule has 1 aromatic rings. The minimum atomic E-state index is 0.255. The molecule has 1 N–H and O–H groups in total. The highest BCUT2D eigenvalue weighted by Crippen LogP contribution is 2.34. The lowest BCUT2D eigenvalue weighted by Gasteiger charge is -2.11. The summed E-state index contributed by atoms with van der Waals surface area (Å²) in [5, 5.41) is 8.91. The molecule has 0 spiro atoms. The van der Waals surface area contributed by atoms with Gasteiger partial charge in [-0.2, -0.15) is 0 Å². The molecule has 0 aromatic heterocycles. The smallest absolute Gasteiger partial charge is 0.0471 e. The van der Waals surface area contributed by atoms with Gasteiger partial charge in [-0.05, 0) is 36.0 Å². The highest BCUT2D eigenvalue weighted by molar-refractivity contribution is 5.35. The molecule has 3 rings (SSSR count). The van der Waals surface area contributed by atoms with Gasteiger partial charge in [-0.15, -0.1) is 0 Å². The molecule has 80 valence electrons. The van der Waals surface area contributed by atoms with Gasteiger partial charge < -0.3 is 5.11 Å². The van der Waals surface area contributed by atoms with Gasteiger partial charge in [-0.1, -0.05) is 18.2 Å². The van der Waals surface area contributed by atoms with Crippen LogP contribution >= 0.6 is 0 Å². The van der Waals surface area contributed by atoms with E-state index in [1.807, 2.05) is 0 Å². The number of aliphatic hydroxyl groups excluding tert-OH is 1. The molecule has 1 saturated carbocycles. The fraction of sp³-hybridized carbons (Fsp3) is 0.538. The Morgan fingerprint density at radius 2 is 2.00 bits per heavy atom. The van der Waals surface area contributed by atoms with Gasteiger partial charge in [0.15, 0.2) is 0 Å². The van der Waals surface area contributed by atoms with E-state index in [-0.39, 0.29) is 6.61 Å². The Labute approximate surface area is 90.5 Å². The van der Waals surface area contributed by atoms with Crippen LogP contribution in [0.5, 0.6) is 0 Å². The summed E-state index contributed by atoms with van der Waals surface area (Å²) < 4.78 is 0. The monoisotopic (exact) mass is 203 g/mol. The molecule has 2 aliphatic rings. The van der Waals surface area contributed by atoms with Crippen molar-refractivity contribution in [2.75, 3.05) is 6.61 Å². The lowest BCUT2D eigenvalue weighted by molar-refractivity contribution is 0.273. The molecule has 1 aliphatic carbocycles. The summed E-state index contributed by atoms with van der Waals surface area (Å²) in [5.41, 5.74) is 4.24. The molecular weight excluding hydrogens is 186 g/mol. The number of hydrogen-bond donors (Lipinski definition) is 1. The second kappa shape index (κ2) is 3.62. The highest BCUT2D eigenvalue weighted by atomic mass is 16.2. The second-order valence-electron chi connectivity index (χ2n) is 4.71. The predicted octanol–water partition coefficient (Wildman–Crippen LogP) is 1.70. The zero-order valence-corrected chi connectivity index (χ0v) is 8.95. The van der Waals surface area contributed by atoms with Crippen LogP contribution in [0.1, 0.15) is 29.5 Å². The fourth-order valence-corrected chi connectivity index (χ4v) is 2.46. The largest absolute Gasteiger partial charge is 0.396 e. The first-order chi connectivity index (χ1) is 7.36. The maximum atomic E-state index is 8.91. The second-order valence-corrected chi connectivity index (χ2v) is 4.71. The average Bonchev–Trinajstić information content (AvgIpc) is 2.99. The lowest BCUT2D eigenvalue weighted by atomic mass is 10.0. The molecule has 0 atom stereocenters. The molecule has 1 heterocycles. The maximum Gasteiger partial charge on any atom is 0.0471 e. The minimum absolute atomic E-state index is 0.255. The maximum absolute atomic E-state index is 8.91. The Morgan fingerprint density at radius 3 is 2.73 bits per heavy atom. The molecule has 0 amide bonds. The quantitative estimate of drug-likeness (QED) is 0.808. The van der Waals surface area contributed by atoms with E-state index in [0.29, 0.717) is 0 Å². The third-order valence-corrected chi connectivity index (χ3v) is 3.48. The van der Waals surface area contributed by atoms with Gasteiger partial charge in [-0.3, -0.25) is 4.90 Å². The molecule has 0 radical (unpaired) electrons. The summed E-state index contributed by atoms with van der Waals surface area (Å²) in [6, 6.07) is 7.53. The number of benzene rings is 1. The van der Waals surface area contributed by atoms with Crippen LogP contribution in [-0.2, 0) is 19.5 Å². The third kappa shape index (κ3) is 1.80. The van der Waals surface area contributed by atoms with Crippen molar-refractivity contribution in [2.45, 2.75) is 38.4 Å². The fourth-order valence-electron chi connectivity index (χ4n) is 2.46. The summed E-state index contributed by atoms with van der Waals surface area (Å²) in [5.74, 6) is 0. The van der Waals surface area contributed by atoms with Gasteiger partial charge in [-0.25, -0.2) is 0 Å². The Hall–Kier alpha value is -0.860. The Kier molecular flexibility index (Phi) is 2.26. The summed E-state index contributed by atoms with van der Waals surface area (Å²) in [6.45, 7) is 2.52. The standard InChI is InChI=1S/C13H17NO/c15-6-5-10-1-2-11-8-14(13-3-4-13)9-12(11)7-10/h1-2,7,13,15H,3-6,8-9H2. The van der Waals surface area contributed by atoms with Gasteiger partial charge in [0.2, 0.25) is 0 Å². The van der Waals surface area contributed by atoms with Crippen molar-refractivity contribution in [3.05, 3.63) is 34.9 Å². The van der Waals surface area contributed by atoms with Gasteiger partial charge in [0.1, 0.15) is 0 Å². The van der Waals surface area contributed by atoms with Crippen LogP contribution in [0, 0.1) is 0 Å². The zero-order chi connectivity index (χ0) is 10.3. The first kappa shape index (κ1) is 9.37. The third-order valence-electron chi connectivity index (χ3n) is 3.48. The van der Waals surface area contributed by atoms with Gasteiger partial charge >= 0.3 is 0 Å².